The smallest absolute Gasteiger partial charge is 0.0970 e. The van der Waals surface area contributed by atoms with Crippen molar-refractivity contribution in [2.24, 2.45) is 0 Å². The van der Waals surface area contributed by atoms with E-state index in [1.54, 1.807) is 0 Å². The Morgan fingerprint density at radius 2 is 2.22 bits per heavy atom. The minimum absolute atomic E-state index is 0.176. The summed E-state index contributed by atoms with van der Waals surface area (Å²) in [7, 11) is 0. The van der Waals surface area contributed by atoms with Crippen LogP contribution in [0.2, 0.25) is 0 Å². The van der Waals surface area contributed by atoms with E-state index < -0.39 is 3.64 Å². The van der Waals surface area contributed by atoms with Gasteiger partial charge in [0.25, 0.3) is 0 Å². The average molecular weight is 251 g/mol. The topological polar surface area (TPSA) is 0 Å². The largest absolute Gasteiger partial charge is 0.330 e. The van der Waals surface area contributed by atoms with Crippen LogP contribution in [0.1, 0.15) is 6.92 Å². The summed E-state index contributed by atoms with van der Waals surface area (Å²) in [5.74, 6) is 1.15. The minimum Gasteiger partial charge on any atom is -0.0970 e. The van der Waals surface area contributed by atoms with Crippen LogP contribution in [0, 0.1) is 0 Å². The predicted molar refractivity (Wildman–Crippen MR) is 61.9 cm³/mol. The summed E-state index contributed by atoms with van der Waals surface area (Å²) in [6, 6.07) is 0. The highest BCUT2D eigenvalue weighted by atomic mass is 33.8. The highest BCUT2D eigenvalue weighted by Crippen LogP contribution is 3.01. The van der Waals surface area contributed by atoms with Gasteiger partial charge in [-0.25, -0.2) is 0 Å². The van der Waals surface area contributed by atoms with Crippen LogP contribution in [0.25, 0.3) is 0 Å². The van der Waals surface area contributed by atoms with E-state index in [9.17, 15) is 0 Å². The molecule has 0 aromatic rings. The lowest BCUT2D eigenvalue weighted by molar-refractivity contribution is 1.54. The van der Waals surface area contributed by atoms with Gasteiger partial charge in [0.2, 0.25) is 3.64 Å². The lowest BCUT2D eigenvalue weighted by Gasteiger charge is -2.14. The zero-order chi connectivity index (χ0) is 6.91. The van der Waals surface area contributed by atoms with Crippen LogP contribution in [0.5, 0.6) is 0 Å². The Morgan fingerprint density at radius 1 is 1.67 bits per heavy atom. The van der Waals surface area contributed by atoms with Crippen molar-refractivity contribution in [2.75, 3.05) is 5.75 Å². The Hall–Kier alpha value is 2.22. The van der Waals surface area contributed by atoms with Crippen molar-refractivity contribution < 1.29 is 0 Å². The third-order valence-electron chi connectivity index (χ3n) is 0.621. The molecular formula is C2H5P2S5+. The van der Waals surface area contributed by atoms with Gasteiger partial charge in [-0.3, -0.25) is 0 Å². The molecule has 0 aromatic carbocycles. The molecule has 0 aromatic heterocycles. The lowest BCUT2D eigenvalue weighted by Crippen LogP contribution is -1.67. The van der Waals surface area contributed by atoms with Crippen LogP contribution < -0.4 is 0 Å². The average Bonchev–Trinajstić information content (AvgIpc) is 1.62. The first-order chi connectivity index (χ1) is 4.16. The summed E-state index contributed by atoms with van der Waals surface area (Å²) in [4.78, 5) is 0. The molecule has 1 aliphatic heterocycles. The molecule has 52 valence electrons. The maximum absolute atomic E-state index is 5.36. The first-order valence-corrected chi connectivity index (χ1v) is 13.1. The molecule has 9 heavy (non-hydrogen) atoms. The van der Waals surface area contributed by atoms with Crippen LogP contribution in [0.4, 0.5) is 0 Å². The van der Waals surface area contributed by atoms with Gasteiger partial charge in [-0.2, -0.15) is 0 Å². The quantitative estimate of drug-likeness (QED) is 0.672. The van der Waals surface area contributed by atoms with E-state index in [1.165, 1.54) is 0 Å². The van der Waals surface area contributed by atoms with Crippen molar-refractivity contribution in [3.8, 4) is 0 Å². The van der Waals surface area contributed by atoms with Crippen LogP contribution in [-0.4, -0.2) is 5.75 Å². The molecule has 1 aliphatic rings. The first-order valence-electron chi connectivity index (χ1n) is 2.27. The second kappa shape index (κ2) is 3.75. The van der Waals surface area contributed by atoms with Crippen molar-refractivity contribution in [2.45, 2.75) is 6.92 Å². The summed E-state index contributed by atoms with van der Waals surface area (Å²) in [6.07, 6.45) is 0. The standard InChI is InChI=1S/C2H5P2S5/c1-2-7-4(6)8-3(5)9-4/h2H2,1H3/q+1. The second-order valence-corrected chi connectivity index (χ2v) is 24.5. The van der Waals surface area contributed by atoms with Gasteiger partial charge in [0.1, 0.15) is 0 Å². The molecule has 1 rings (SSSR count). The lowest BCUT2D eigenvalue weighted by atomic mass is 11.0. The highest BCUT2D eigenvalue weighted by molar-refractivity contribution is 9.53. The van der Waals surface area contributed by atoms with Gasteiger partial charge in [-0.1, -0.05) is 30.1 Å². The monoisotopic (exact) mass is 251 g/mol. The summed E-state index contributed by atoms with van der Waals surface area (Å²) in [5.41, 5.74) is 0. The first kappa shape index (κ1) is 9.31. The van der Waals surface area contributed by atoms with E-state index in [0.29, 0.717) is 0 Å². The van der Waals surface area contributed by atoms with Crippen LogP contribution >= 0.6 is 42.1 Å². The molecule has 0 saturated carbocycles. The molecule has 0 N–H and O–H groups in total. The minimum atomic E-state index is -1.04. The maximum Gasteiger partial charge on any atom is 0.330 e. The van der Waals surface area contributed by atoms with E-state index in [-0.39, 0.29) is 5.10 Å². The molecule has 1 heterocycles. The second-order valence-electron chi connectivity index (χ2n) is 1.25. The van der Waals surface area contributed by atoms with Crippen molar-refractivity contribution in [1.29, 1.82) is 0 Å². The summed E-state index contributed by atoms with van der Waals surface area (Å²) in [5, 5.41) is -0.176. The molecular weight excluding hydrogens is 246 g/mol. The number of rotatable bonds is 2. The van der Waals surface area contributed by atoms with Crippen molar-refractivity contribution in [1.82, 2.24) is 0 Å². The van der Waals surface area contributed by atoms with Gasteiger partial charge in [-0.15, -0.1) is 0 Å². The summed E-state index contributed by atoms with van der Waals surface area (Å²) >= 11 is 16.1. The fraction of sp³-hybridized carbons (Fsp3) is 1.00. The van der Waals surface area contributed by atoms with Gasteiger partial charge < -0.3 is 0 Å². The molecule has 0 amide bonds. The van der Waals surface area contributed by atoms with Crippen LogP contribution in [0.3, 0.4) is 0 Å². The number of hydrogen-bond acceptors (Lipinski definition) is 5. The SMILES string of the molecule is CCSP1(=S)S[P+](=S)S1. The van der Waals surface area contributed by atoms with Gasteiger partial charge in [0.05, 0.1) is 0 Å². The predicted octanol–water partition coefficient (Wildman–Crippen LogP) is 4.22. The Balaban J connectivity index is 2.41. The summed E-state index contributed by atoms with van der Waals surface area (Å²) in [6.45, 7) is 2.16. The van der Waals surface area contributed by atoms with E-state index in [1.807, 2.05) is 33.4 Å². The molecule has 0 nitrogen and oxygen atoms in total. The fourth-order valence-electron chi connectivity index (χ4n) is 0.375. The van der Waals surface area contributed by atoms with Crippen LogP contribution in [-0.2, 0) is 23.6 Å². The van der Waals surface area contributed by atoms with Crippen molar-refractivity contribution in [3.63, 3.8) is 0 Å². The van der Waals surface area contributed by atoms with Gasteiger partial charge in [0, 0.05) is 0 Å². The Morgan fingerprint density at radius 3 is 2.56 bits per heavy atom. The molecule has 0 aliphatic carbocycles. The Kier molecular flexibility index (Phi) is 3.88. The highest BCUT2D eigenvalue weighted by Gasteiger charge is 2.47. The van der Waals surface area contributed by atoms with E-state index in [0.717, 1.165) is 5.75 Å². The van der Waals surface area contributed by atoms with E-state index in [4.69, 9.17) is 23.6 Å². The molecule has 1 saturated heterocycles. The van der Waals surface area contributed by atoms with E-state index in [2.05, 4.69) is 6.92 Å². The summed E-state index contributed by atoms with van der Waals surface area (Å²) < 4.78 is -1.04. The van der Waals surface area contributed by atoms with Gasteiger partial charge >= 0.3 is 5.10 Å². The molecule has 0 atom stereocenters. The van der Waals surface area contributed by atoms with Crippen molar-refractivity contribution >= 4 is 65.7 Å². The van der Waals surface area contributed by atoms with E-state index >= 15 is 0 Å². The van der Waals surface area contributed by atoms with Crippen LogP contribution in [0.15, 0.2) is 0 Å². The Bertz CT molecular complexity index is 164. The molecule has 0 bridgehead atoms. The maximum atomic E-state index is 5.36. The molecule has 0 radical (unpaired) electrons. The molecule has 7 heteroatoms. The molecule has 0 unspecified atom stereocenters. The zero-order valence-corrected chi connectivity index (χ0v) is 10.5. The Labute approximate surface area is 77.9 Å². The normalized spacial score (nSPS) is 38.1. The molecule has 1 fully saturated rings. The van der Waals surface area contributed by atoms with Gasteiger partial charge in [0.15, 0.2) is 33.8 Å². The molecule has 0 spiro atoms. The third kappa shape index (κ3) is 2.62. The van der Waals surface area contributed by atoms with Gasteiger partial charge in [-0.05, 0) is 5.75 Å². The fourth-order valence-corrected chi connectivity index (χ4v) is 43.9. The number of hydrogen-bond donors (Lipinski definition) is 0. The van der Waals surface area contributed by atoms with Crippen molar-refractivity contribution in [3.05, 3.63) is 0 Å². The zero-order valence-electron chi connectivity index (χ0n) is 4.64. The third-order valence-corrected chi connectivity index (χ3v) is 32.4.